The van der Waals surface area contributed by atoms with E-state index in [0.29, 0.717) is 35.4 Å². The van der Waals surface area contributed by atoms with Crippen LogP contribution >= 0.6 is 15.9 Å². The van der Waals surface area contributed by atoms with Crippen molar-refractivity contribution in [2.45, 2.75) is 65.1 Å². The van der Waals surface area contributed by atoms with Crippen LogP contribution < -0.4 is 11.2 Å². The Morgan fingerprint density at radius 2 is 1.77 bits per heavy atom. The van der Waals surface area contributed by atoms with Crippen LogP contribution in [-0.2, 0) is 24.4 Å². The van der Waals surface area contributed by atoms with Crippen molar-refractivity contribution in [2.24, 2.45) is 5.92 Å². The molecule has 1 saturated carbocycles. The molecule has 0 bridgehead atoms. The van der Waals surface area contributed by atoms with Gasteiger partial charge in [-0.15, -0.1) is 0 Å². The SMILES string of the molecule is CCCn1c(=O)c2c(nc(Br)n2CC(=O)C2CCCCC2)n(Cc2ccccc2)c1=O. The van der Waals surface area contributed by atoms with Crippen LogP contribution in [0.15, 0.2) is 44.7 Å². The Balaban J connectivity index is 1.84. The molecule has 0 radical (unpaired) electrons. The maximum atomic E-state index is 13.3. The number of halogens is 1. The first-order chi connectivity index (χ1) is 15.0. The monoisotopic (exact) mass is 486 g/mol. The van der Waals surface area contributed by atoms with E-state index in [4.69, 9.17) is 0 Å². The van der Waals surface area contributed by atoms with Crippen molar-refractivity contribution in [3.8, 4) is 0 Å². The second-order valence-corrected chi connectivity index (χ2v) is 8.96. The fraction of sp³-hybridized carbons (Fsp3) is 0.478. The molecule has 2 heterocycles. The van der Waals surface area contributed by atoms with E-state index in [1.165, 1.54) is 15.6 Å². The van der Waals surface area contributed by atoms with Gasteiger partial charge in [-0.3, -0.25) is 18.7 Å². The zero-order chi connectivity index (χ0) is 22.0. The molecule has 0 saturated heterocycles. The number of benzene rings is 1. The summed E-state index contributed by atoms with van der Waals surface area (Å²) in [5.74, 6) is 0.160. The van der Waals surface area contributed by atoms with Gasteiger partial charge in [0.05, 0.1) is 13.1 Å². The lowest BCUT2D eigenvalue weighted by molar-refractivity contribution is -0.124. The normalized spacial score (nSPS) is 14.9. The van der Waals surface area contributed by atoms with E-state index in [1.807, 2.05) is 37.3 Å². The lowest BCUT2D eigenvalue weighted by Gasteiger charge is -2.20. The summed E-state index contributed by atoms with van der Waals surface area (Å²) in [5.41, 5.74) is 0.797. The van der Waals surface area contributed by atoms with Gasteiger partial charge in [0.15, 0.2) is 21.7 Å². The maximum Gasteiger partial charge on any atom is 0.333 e. The average molecular weight is 487 g/mol. The third kappa shape index (κ3) is 4.31. The molecule has 4 rings (SSSR count). The third-order valence-corrected chi connectivity index (χ3v) is 6.68. The summed E-state index contributed by atoms with van der Waals surface area (Å²) in [4.78, 5) is 44.0. The number of Topliss-reactive ketones (excluding diaryl/α,β-unsaturated/α-hetero) is 1. The number of ketones is 1. The van der Waals surface area contributed by atoms with Gasteiger partial charge in [0, 0.05) is 12.5 Å². The summed E-state index contributed by atoms with van der Waals surface area (Å²) >= 11 is 3.44. The first-order valence-electron chi connectivity index (χ1n) is 11.0. The van der Waals surface area contributed by atoms with Gasteiger partial charge in [0.1, 0.15) is 0 Å². The van der Waals surface area contributed by atoms with E-state index in [0.717, 1.165) is 31.2 Å². The van der Waals surface area contributed by atoms with Gasteiger partial charge in [-0.05, 0) is 40.8 Å². The van der Waals surface area contributed by atoms with E-state index in [-0.39, 0.29) is 29.5 Å². The summed E-state index contributed by atoms with van der Waals surface area (Å²) in [6.45, 7) is 2.64. The Morgan fingerprint density at radius 3 is 2.45 bits per heavy atom. The van der Waals surface area contributed by atoms with E-state index in [1.54, 1.807) is 4.57 Å². The minimum Gasteiger partial charge on any atom is -0.305 e. The molecule has 2 aromatic heterocycles. The van der Waals surface area contributed by atoms with Gasteiger partial charge in [0.2, 0.25) is 0 Å². The Morgan fingerprint density at radius 1 is 1.06 bits per heavy atom. The summed E-state index contributed by atoms with van der Waals surface area (Å²) in [7, 11) is 0. The first-order valence-corrected chi connectivity index (χ1v) is 11.8. The number of imidazole rings is 1. The topological polar surface area (TPSA) is 78.9 Å². The van der Waals surface area contributed by atoms with E-state index in [2.05, 4.69) is 20.9 Å². The standard InChI is InChI=1S/C23H27BrN4O3/c1-2-13-26-21(30)19-20(28(23(26)31)14-16-9-5-3-6-10-16)25-22(24)27(19)15-18(29)17-11-7-4-8-12-17/h3,5-6,9-10,17H,2,4,7-8,11-15H2,1H3. The Bertz CT molecular complexity index is 1200. The molecule has 0 N–H and O–H groups in total. The van der Waals surface area contributed by atoms with Crippen molar-refractivity contribution in [1.29, 1.82) is 0 Å². The molecule has 0 amide bonds. The Kier molecular flexibility index (Phi) is 6.55. The van der Waals surface area contributed by atoms with Crippen LogP contribution in [0, 0.1) is 5.92 Å². The lowest BCUT2D eigenvalue weighted by atomic mass is 9.86. The number of nitrogens with zero attached hydrogens (tertiary/aromatic N) is 4. The molecule has 164 valence electrons. The van der Waals surface area contributed by atoms with E-state index >= 15 is 0 Å². The molecule has 7 nitrogen and oxygen atoms in total. The summed E-state index contributed by atoms with van der Waals surface area (Å²) in [6.07, 6.45) is 5.78. The highest BCUT2D eigenvalue weighted by atomic mass is 79.9. The fourth-order valence-electron chi connectivity index (χ4n) is 4.45. The van der Waals surface area contributed by atoms with Crippen molar-refractivity contribution in [3.05, 3.63) is 61.5 Å². The second kappa shape index (κ2) is 9.34. The molecule has 0 unspecified atom stereocenters. The summed E-state index contributed by atoms with van der Waals surface area (Å²) in [6, 6.07) is 9.62. The number of fused-ring (bicyclic) bond motifs is 1. The predicted molar refractivity (Wildman–Crippen MR) is 123 cm³/mol. The number of rotatable bonds is 7. The van der Waals surface area contributed by atoms with Gasteiger partial charge >= 0.3 is 5.69 Å². The highest BCUT2D eigenvalue weighted by molar-refractivity contribution is 9.10. The molecule has 1 fully saturated rings. The van der Waals surface area contributed by atoms with Gasteiger partial charge in [0.25, 0.3) is 5.56 Å². The van der Waals surface area contributed by atoms with Crippen LogP contribution in [0.1, 0.15) is 51.0 Å². The molecule has 0 aliphatic heterocycles. The molecule has 1 aliphatic rings. The number of hydrogen-bond donors (Lipinski definition) is 0. The average Bonchev–Trinajstić information content (AvgIpc) is 3.11. The minimum absolute atomic E-state index is 0.0335. The van der Waals surface area contributed by atoms with Gasteiger partial charge in [-0.1, -0.05) is 56.5 Å². The van der Waals surface area contributed by atoms with Crippen molar-refractivity contribution < 1.29 is 4.79 Å². The molecule has 0 atom stereocenters. The van der Waals surface area contributed by atoms with Crippen molar-refractivity contribution >= 4 is 32.9 Å². The molecule has 0 spiro atoms. The lowest BCUT2D eigenvalue weighted by Crippen LogP contribution is -2.41. The van der Waals surface area contributed by atoms with E-state index < -0.39 is 0 Å². The molecule has 1 aromatic carbocycles. The maximum absolute atomic E-state index is 13.3. The highest BCUT2D eigenvalue weighted by Gasteiger charge is 2.26. The number of carbonyl (C=O) groups is 1. The molecule has 8 heteroatoms. The van der Waals surface area contributed by atoms with Crippen LogP contribution in [0.5, 0.6) is 0 Å². The molecular weight excluding hydrogens is 460 g/mol. The van der Waals surface area contributed by atoms with Crippen LogP contribution in [0.25, 0.3) is 11.2 Å². The highest BCUT2D eigenvalue weighted by Crippen LogP contribution is 2.26. The first kappa shape index (κ1) is 21.7. The summed E-state index contributed by atoms with van der Waals surface area (Å²) < 4.78 is 4.84. The Hall–Kier alpha value is -2.48. The summed E-state index contributed by atoms with van der Waals surface area (Å²) in [5, 5.41) is 0. The van der Waals surface area contributed by atoms with Crippen LogP contribution in [0.2, 0.25) is 0 Å². The Labute approximate surface area is 188 Å². The van der Waals surface area contributed by atoms with E-state index in [9.17, 15) is 14.4 Å². The number of hydrogen-bond acceptors (Lipinski definition) is 4. The minimum atomic E-state index is -0.388. The predicted octanol–water partition coefficient (Wildman–Crippen LogP) is 3.73. The zero-order valence-electron chi connectivity index (χ0n) is 17.7. The quantitative estimate of drug-likeness (QED) is 0.476. The van der Waals surface area contributed by atoms with Crippen LogP contribution in [-0.4, -0.2) is 24.5 Å². The van der Waals surface area contributed by atoms with Gasteiger partial charge < -0.3 is 4.57 Å². The van der Waals surface area contributed by atoms with Crippen LogP contribution in [0.4, 0.5) is 0 Å². The zero-order valence-corrected chi connectivity index (χ0v) is 19.3. The fourth-order valence-corrected chi connectivity index (χ4v) is 4.92. The van der Waals surface area contributed by atoms with Crippen LogP contribution in [0.3, 0.4) is 0 Å². The second-order valence-electron chi connectivity index (χ2n) is 8.25. The third-order valence-electron chi connectivity index (χ3n) is 6.07. The van der Waals surface area contributed by atoms with Crippen molar-refractivity contribution in [3.63, 3.8) is 0 Å². The van der Waals surface area contributed by atoms with Crippen molar-refractivity contribution in [1.82, 2.24) is 18.7 Å². The number of carbonyl (C=O) groups excluding carboxylic acids is 1. The van der Waals surface area contributed by atoms with Gasteiger partial charge in [-0.25, -0.2) is 9.78 Å². The molecule has 3 aromatic rings. The number of aromatic nitrogens is 4. The van der Waals surface area contributed by atoms with Crippen molar-refractivity contribution in [2.75, 3.05) is 0 Å². The largest absolute Gasteiger partial charge is 0.333 e. The molecular formula is C23H27BrN4O3. The molecule has 1 aliphatic carbocycles. The van der Waals surface area contributed by atoms with Gasteiger partial charge in [-0.2, -0.15) is 0 Å². The smallest absolute Gasteiger partial charge is 0.305 e. The molecule has 31 heavy (non-hydrogen) atoms.